The first-order valence-electron chi connectivity index (χ1n) is 6.07. The highest BCUT2D eigenvalue weighted by Crippen LogP contribution is 2.39. The minimum Gasteiger partial charge on any atom is -0.339 e. The van der Waals surface area contributed by atoms with Crippen LogP contribution in [-0.2, 0) is 0 Å². The van der Waals surface area contributed by atoms with Gasteiger partial charge in [0.2, 0.25) is 11.7 Å². The van der Waals surface area contributed by atoms with Crippen LogP contribution in [-0.4, -0.2) is 16.7 Å². The van der Waals surface area contributed by atoms with E-state index in [-0.39, 0.29) is 0 Å². The van der Waals surface area contributed by atoms with Crippen molar-refractivity contribution < 1.29 is 4.52 Å². The predicted molar refractivity (Wildman–Crippen MR) is 74.4 cm³/mol. The van der Waals surface area contributed by atoms with E-state index in [0.29, 0.717) is 24.2 Å². The number of hydrogen-bond donors (Lipinski definition) is 1. The number of rotatable bonds is 3. The molecule has 0 aromatic carbocycles. The minimum absolute atomic E-state index is 0.347. The quantitative estimate of drug-likeness (QED) is 0.938. The number of nitrogens with zero attached hydrogens (tertiary/aromatic N) is 2. The molecule has 6 heteroatoms. The van der Waals surface area contributed by atoms with Gasteiger partial charge < -0.3 is 10.3 Å². The van der Waals surface area contributed by atoms with Crippen molar-refractivity contribution in [2.45, 2.75) is 25.2 Å². The fraction of sp³-hybridized carbons (Fsp3) is 0.500. The maximum atomic E-state index is 5.79. The highest BCUT2D eigenvalue weighted by Gasteiger charge is 2.32. The third-order valence-electron chi connectivity index (χ3n) is 3.51. The third kappa shape index (κ3) is 2.24. The smallest absolute Gasteiger partial charge is 0.230 e. The number of thiophene rings is 1. The van der Waals surface area contributed by atoms with E-state index < -0.39 is 0 Å². The van der Waals surface area contributed by atoms with Crippen LogP contribution in [0.15, 0.2) is 20.4 Å². The summed E-state index contributed by atoms with van der Waals surface area (Å²) in [7, 11) is 0. The van der Waals surface area contributed by atoms with Gasteiger partial charge >= 0.3 is 0 Å². The Morgan fingerprint density at radius 3 is 3.06 bits per heavy atom. The van der Waals surface area contributed by atoms with Crippen molar-refractivity contribution in [1.29, 1.82) is 0 Å². The van der Waals surface area contributed by atoms with Crippen molar-refractivity contribution in [3.05, 3.63) is 21.8 Å². The molecular formula is C12H14BrN3OS. The molecule has 2 aromatic heterocycles. The summed E-state index contributed by atoms with van der Waals surface area (Å²) in [6, 6.07) is 3.99. The van der Waals surface area contributed by atoms with Crippen LogP contribution >= 0.6 is 27.3 Å². The van der Waals surface area contributed by atoms with Crippen LogP contribution in [0.25, 0.3) is 10.7 Å². The zero-order chi connectivity index (χ0) is 12.5. The Morgan fingerprint density at radius 2 is 2.33 bits per heavy atom. The van der Waals surface area contributed by atoms with Gasteiger partial charge in [-0.1, -0.05) is 11.6 Å². The second-order valence-electron chi connectivity index (χ2n) is 4.59. The lowest BCUT2D eigenvalue weighted by Crippen LogP contribution is -2.17. The molecular weight excluding hydrogens is 314 g/mol. The average molecular weight is 328 g/mol. The monoisotopic (exact) mass is 327 g/mol. The van der Waals surface area contributed by atoms with Gasteiger partial charge in [0.05, 0.1) is 8.66 Å². The first-order valence-corrected chi connectivity index (χ1v) is 7.68. The molecule has 4 nitrogen and oxygen atoms in total. The maximum Gasteiger partial charge on any atom is 0.230 e. The Kier molecular flexibility index (Phi) is 3.50. The van der Waals surface area contributed by atoms with E-state index in [1.807, 2.05) is 12.1 Å². The SMILES string of the molecule is NCC1CCCC1c1nc(-c2ccc(Br)s2)no1. The van der Waals surface area contributed by atoms with E-state index in [9.17, 15) is 0 Å². The largest absolute Gasteiger partial charge is 0.339 e. The van der Waals surface area contributed by atoms with Crippen molar-refractivity contribution >= 4 is 27.3 Å². The third-order valence-corrected chi connectivity index (χ3v) is 5.13. The Labute approximate surface area is 118 Å². The topological polar surface area (TPSA) is 64.9 Å². The molecule has 2 N–H and O–H groups in total. The molecule has 1 fully saturated rings. The summed E-state index contributed by atoms with van der Waals surface area (Å²) in [6.45, 7) is 0.701. The molecule has 2 heterocycles. The number of aromatic nitrogens is 2. The van der Waals surface area contributed by atoms with E-state index in [1.165, 1.54) is 12.8 Å². The van der Waals surface area contributed by atoms with Gasteiger partial charge in [-0.3, -0.25) is 0 Å². The molecule has 0 radical (unpaired) electrons. The molecule has 3 rings (SSSR count). The zero-order valence-electron chi connectivity index (χ0n) is 9.80. The maximum absolute atomic E-state index is 5.79. The summed E-state index contributed by atoms with van der Waals surface area (Å²) >= 11 is 5.05. The van der Waals surface area contributed by atoms with Gasteiger partial charge in [-0.25, -0.2) is 0 Å². The van der Waals surface area contributed by atoms with Crippen LogP contribution in [0, 0.1) is 5.92 Å². The Balaban J connectivity index is 1.85. The lowest BCUT2D eigenvalue weighted by atomic mass is 9.96. The van der Waals surface area contributed by atoms with Gasteiger partial charge in [0, 0.05) is 5.92 Å². The molecule has 2 unspecified atom stereocenters. The highest BCUT2D eigenvalue weighted by atomic mass is 79.9. The van der Waals surface area contributed by atoms with Gasteiger partial charge in [0.15, 0.2) is 0 Å². The highest BCUT2D eigenvalue weighted by molar-refractivity contribution is 9.11. The molecule has 0 bridgehead atoms. The van der Waals surface area contributed by atoms with E-state index >= 15 is 0 Å². The standard InChI is InChI=1S/C12H14BrN3OS/c13-10-5-4-9(18-10)11-15-12(17-16-11)8-3-1-2-7(8)6-14/h4-5,7-8H,1-3,6,14H2. The lowest BCUT2D eigenvalue weighted by molar-refractivity contribution is 0.326. The van der Waals surface area contributed by atoms with Crippen molar-refractivity contribution in [2.75, 3.05) is 6.54 Å². The van der Waals surface area contributed by atoms with Crippen LogP contribution < -0.4 is 5.73 Å². The number of halogens is 1. The van der Waals surface area contributed by atoms with Crippen LogP contribution in [0.5, 0.6) is 0 Å². The fourth-order valence-electron chi connectivity index (χ4n) is 2.56. The van der Waals surface area contributed by atoms with Crippen molar-refractivity contribution in [3.8, 4) is 10.7 Å². The van der Waals surface area contributed by atoms with Crippen molar-refractivity contribution in [3.63, 3.8) is 0 Å². The summed E-state index contributed by atoms with van der Waals surface area (Å²) in [5, 5.41) is 4.08. The van der Waals surface area contributed by atoms with Gasteiger partial charge in [0.1, 0.15) is 0 Å². The molecule has 1 aliphatic carbocycles. The van der Waals surface area contributed by atoms with Crippen molar-refractivity contribution in [2.24, 2.45) is 11.7 Å². The summed E-state index contributed by atoms with van der Waals surface area (Å²) in [6.07, 6.45) is 3.48. The normalized spacial score (nSPS) is 23.7. The van der Waals surface area contributed by atoms with E-state index in [4.69, 9.17) is 10.3 Å². The molecule has 2 atom stereocenters. The lowest BCUT2D eigenvalue weighted by Gasteiger charge is -2.12. The number of hydrogen-bond acceptors (Lipinski definition) is 5. The second kappa shape index (κ2) is 5.11. The van der Waals surface area contributed by atoms with E-state index in [1.54, 1.807) is 11.3 Å². The van der Waals surface area contributed by atoms with E-state index in [2.05, 4.69) is 26.1 Å². The molecule has 1 aliphatic rings. The summed E-state index contributed by atoms with van der Waals surface area (Å²) < 4.78 is 6.49. The summed E-state index contributed by atoms with van der Waals surface area (Å²) in [5.74, 6) is 2.28. The molecule has 0 aliphatic heterocycles. The summed E-state index contributed by atoms with van der Waals surface area (Å²) in [5.41, 5.74) is 5.79. The van der Waals surface area contributed by atoms with Crippen LogP contribution in [0.1, 0.15) is 31.1 Å². The van der Waals surface area contributed by atoms with Crippen molar-refractivity contribution in [1.82, 2.24) is 10.1 Å². The predicted octanol–water partition coefficient (Wildman–Crippen LogP) is 3.40. The Morgan fingerprint density at radius 1 is 1.44 bits per heavy atom. The van der Waals surface area contributed by atoms with Crippen LogP contribution in [0.2, 0.25) is 0 Å². The Hall–Kier alpha value is -0.720. The van der Waals surface area contributed by atoms with Crippen LogP contribution in [0.3, 0.4) is 0 Å². The average Bonchev–Trinajstić information content (AvgIpc) is 3.07. The molecule has 0 saturated heterocycles. The van der Waals surface area contributed by atoms with Gasteiger partial charge in [0.25, 0.3) is 0 Å². The van der Waals surface area contributed by atoms with E-state index in [0.717, 1.165) is 21.0 Å². The van der Waals surface area contributed by atoms with Gasteiger partial charge in [-0.15, -0.1) is 11.3 Å². The van der Waals surface area contributed by atoms with Crippen LogP contribution in [0.4, 0.5) is 0 Å². The zero-order valence-corrected chi connectivity index (χ0v) is 12.2. The fourth-order valence-corrected chi connectivity index (χ4v) is 3.88. The second-order valence-corrected chi connectivity index (χ2v) is 7.06. The van der Waals surface area contributed by atoms with Gasteiger partial charge in [-0.05, 0) is 53.4 Å². The summed E-state index contributed by atoms with van der Waals surface area (Å²) in [4.78, 5) is 5.56. The molecule has 1 saturated carbocycles. The van der Waals surface area contributed by atoms with Gasteiger partial charge in [-0.2, -0.15) is 4.98 Å². The molecule has 0 spiro atoms. The molecule has 2 aromatic rings. The molecule has 0 amide bonds. The molecule has 18 heavy (non-hydrogen) atoms. The first kappa shape index (κ1) is 12.3. The number of nitrogens with two attached hydrogens (primary N) is 1. The first-order chi connectivity index (χ1) is 8.78. The minimum atomic E-state index is 0.347. The Bertz CT molecular complexity index is 539. The molecule has 96 valence electrons.